The van der Waals surface area contributed by atoms with E-state index in [9.17, 15) is 9.90 Å². The van der Waals surface area contributed by atoms with Gasteiger partial charge in [0.25, 0.3) is 0 Å². The van der Waals surface area contributed by atoms with Crippen molar-refractivity contribution in [2.24, 2.45) is 52.3 Å². The van der Waals surface area contributed by atoms with E-state index < -0.39 is 5.97 Å². The van der Waals surface area contributed by atoms with Crippen LogP contribution in [0, 0.1) is 52.3 Å². The Morgan fingerprint density at radius 1 is 1.03 bits per heavy atom. The first-order chi connectivity index (χ1) is 13.7. The quantitative estimate of drug-likeness (QED) is 0.630. The Balaban J connectivity index is 1.61. The second-order valence-corrected chi connectivity index (χ2v) is 11.9. The summed E-state index contributed by atoms with van der Waals surface area (Å²) in [7, 11) is 0. The van der Waals surface area contributed by atoms with Crippen LogP contribution in [0.5, 0.6) is 0 Å². The molecule has 4 aliphatic rings. The lowest BCUT2D eigenvalue weighted by Crippen LogP contribution is -2.61. The second kappa shape index (κ2) is 7.84. The molecule has 0 aliphatic heterocycles. The number of hydrogen-bond acceptors (Lipinski definition) is 2. The van der Waals surface area contributed by atoms with E-state index in [0.717, 1.165) is 18.8 Å². The van der Waals surface area contributed by atoms with Crippen molar-refractivity contribution in [2.45, 2.75) is 104 Å². The molecule has 3 nitrogen and oxygen atoms in total. The van der Waals surface area contributed by atoms with Crippen molar-refractivity contribution in [1.29, 1.82) is 0 Å². The Bertz CT molecular complexity index is 617. The van der Waals surface area contributed by atoms with Gasteiger partial charge in [-0.15, -0.1) is 0 Å². The predicted molar refractivity (Wildman–Crippen MR) is 117 cm³/mol. The van der Waals surface area contributed by atoms with E-state index in [2.05, 4.69) is 27.7 Å². The Morgan fingerprint density at radius 3 is 2.45 bits per heavy atom. The van der Waals surface area contributed by atoms with Crippen molar-refractivity contribution in [1.82, 2.24) is 0 Å². The van der Waals surface area contributed by atoms with Crippen LogP contribution < -0.4 is 0 Å². The number of aliphatic hydroxyl groups is 1. The van der Waals surface area contributed by atoms with Gasteiger partial charge < -0.3 is 10.2 Å². The largest absolute Gasteiger partial charge is 0.565 e. The van der Waals surface area contributed by atoms with Gasteiger partial charge in [0.2, 0.25) is 0 Å². The minimum Gasteiger partial charge on any atom is -0.565 e. The first kappa shape index (κ1) is 21.7. The van der Waals surface area contributed by atoms with Gasteiger partial charge in [-0.05, 0) is 97.2 Å². The average Bonchev–Trinajstić information content (AvgIpc) is 3.04. The van der Waals surface area contributed by atoms with E-state index in [1.54, 1.807) is 0 Å². The molecule has 3 N–H and O–H groups in total. The predicted octanol–water partition coefficient (Wildman–Crippen LogP) is 5.31. The van der Waals surface area contributed by atoms with Crippen LogP contribution in [-0.4, -0.2) is 22.3 Å². The monoisotopic (exact) mass is 405 g/mol. The van der Waals surface area contributed by atoms with Gasteiger partial charge in [-0.25, -0.2) is 0 Å². The molecule has 0 bridgehead atoms. The van der Waals surface area contributed by atoms with Gasteiger partial charge in [0, 0.05) is 4.79 Å². The zero-order valence-electron chi connectivity index (χ0n) is 19.3. The lowest BCUT2D eigenvalue weighted by molar-refractivity contribution is -0.194. The fourth-order valence-electron chi connectivity index (χ4n) is 9.57. The lowest BCUT2D eigenvalue weighted by Gasteiger charge is -2.64. The maximum Gasteiger partial charge on any atom is 0.515 e. The zero-order valence-corrected chi connectivity index (χ0v) is 19.3. The van der Waals surface area contributed by atoms with Crippen molar-refractivity contribution >= 4 is 5.97 Å². The van der Waals surface area contributed by atoms with Crippen molar-refractivity contribution < 1.29 is 15.0 Å². The Kier molecular flexibility index (Phi) is 5.86. The summed E-state index contributed by atoms with van der Waals surface area (Å²) in [5.74, 6) is 3.78. The molecule has 0 heterocycles. The molecule has 3 heteroatoms. The summed E-state index contributed by atoms with van der Waals surface area (Å²) in [5.41, 5.74) is 0.744. The molecule has 4 fully saturated rings. The van der Waals surface area contributed by atoms with Crippen LogP contribution >= 0.6 is 0 Å². The number of fused-ring (bicyclic) bond motifs is 5. The van der Waals surface area contributed by atoms with Crippen LogP contribution in [0.4, 0.5) is 0 Å². The third kappa shape index (κ3) is 3.29. The molecule has 166 valence electrons. The fraction of sp³-hybridized carbons (Fsp3) is 0.962. The molecule has 29 heavy (non-hydrogen) atoms. The highest BCUT2D eigenvalue weighted by atomic mass is 16.4. The van der Waals surface area contributed by atoms with Gasteiger partial charge in [0.1, 0.15) is 6.42 Å². The van der Waals surface area contributed by atoms with E-state index >= 15 is 0 Å². The number of hydrogen-bond donors (Lipinski definition) is 1. The first-order valence-electron chi connectivity index (χ1n) is 12.7. The summed E-state index contributed by atoms with van der Waals surface area (Å²) in [5, 5.41) is 19.0. The number of carbonyl (C=O) groups excluding carboxylic acids is 1. The Hall–Kier alpha value is -0.570. The highest BCUT2D eigenvalue weighted by molar-refractivity contribution is 5.66. The molecule has 0 aromatic carbocycles. The molecule has 10 atom stereocenters. The van der Waals surface area contributed by atoms with E-state index in [1.165, 1.54) is 51.4 Å². The lowest BCUT2D eigenvalue weighted by atomic mass is 9.41. The SMILES string of the molecule is CC[C@H]1[C@H](O)C2C(CC[C@@]3(C)[C@@H]2CC[C@@H]3[C@H](C)CCC(=O)[OH2+])[C@@]2(C)CCCC[C@@H]12. The third-order valence-corrected chi connectivity index (χ3v) is 10.9. The maximum atomic E-state index is 11.7. The second-order valence-electron chi connectivity index (χ2n) is 11.9. The van der Waals surface area contributed by atoms with Crippen LogP contribution in [0.15, 0.2) is 0 Å². The minimum atomic E-state index is -0.412. The van der Waals surface area contributed by atoms with Crippen LogP contribution in [0.2, 0.25) is 0 Å². The molecule has 0 saturated heterocycles. The van der Waals surface area contributed by atoms with Crippen molar-refractivity contribution in [3.8, 4) is 0 Å². The Labute approximate surface area is 178 Å². The topological polar surface area (TPSA) is 60.2 Å². The molecule has 0 amide bonds. The molecule has 4 saturated carbocycles. The van der Waals surface area contributed by atoms with E-state index in [0.29, 0.717) is 52.8 Å². The summed E-state index contributed by atoms with van der Waals surface area (Å²) in [4.78, 5) is 11.2. The number of carbonyl (C=O) groups is 1. The van der Waals surface area contributed by atoms with E-state index in [-0.39, 0.29) is 6.10 Å². The smallest absolute Gasteiger partial charge is 0.515 e. The molecule has 0 aromatic rings. The Morgan fingerprint density at radius 2 is 1.76 bits per heavy atom. The molecular formula is C26H45O3+. The van der Waals surface area contributed by atoms with Crippen molar-refractivity contribution in [3.63, 3.8) is 0 Å². The highest BCUT2D eigenvalue weighted by Gasteiger charge is 2.64. The summed E-state index contributed by atoms with van der Waals surface area (Å²) < 4.78 is 0. The molecule has 4 aliphatic carbocycles. The molecule has 2 unspecified atom stereocenters. The van der Waals surface area contributed by atoms with E-state index in [1.807, 2.05) is 0 Å². The number of aliphatic hydroxyl groups excluding tert-OH is 1. The van der Waals surface area contributed by atoms with Gasteiger partial charge in [0.05, 0.1) is 6.10 Å². The van der Waals surface area contributed by atoms with Gasteiger partial charge in [0.15, 0.2) is 0 Å². The van der Waals surface area contributed by atoms with Crippen LogP contribution in [-0.2, 0) is 4.79 Å². The first-order valence-corrected chi connectivity index (χ1v) is 12.7. The summed E-state index contributed by atoms with van der Waals surface area (Å²) in [6.07, 6.45) is 12.8. The average molecular weight is 406 g/mol. The maximum absolute atomic E-state index is 11.7. The molecule has 0 aromatic heterocycles. The standard InChI is InChI=1S/C26H44O3/c1-5-17-19-8-6-7-14-25(19,3)21-13-15-26(4)18(16(2)9-12-22(27)28)10-11-20(26)23(21)24(17)29/h16-21,23-24,29H,5-15H2,1-4H3,(H,27,28)/p+1/t16-,17-,18-,19+,20-,21?,23?,24+,25+,26-/m1/s1. The summed E-state index contributed by atoms with van der Waals surface area (Å²) >= 11 is 0. The third-order valence-electron chi connectivity index (χ3n) is 10.9. The molecule has 0 radical (unpaired) electrons. The van der Waals surface area contributed by atoms with Gasteiger partial charge in [-0.2, -0.15) is 0 Å². The molecular weight excluding hydrogens is 360 g/mol. The normalized spacial score (nSPS) is 50.3. The van der Waals surface area contributed by atoms with Crippen molar-refractivity contribution in [2.75, 3.05) is 0 Å². The molecule has 0 spiro atoms. The number of rotatable bonds is 5. The summed E-state index contributed by atoms with van der Waals surface area (Å²) in [6, 6.07) is 0. The molecule has 4 rings (SSSR count). The fourth-order valence-corrected chi connectivity index (χ4v) is 9.57. The van der Waals surface area contributed by atoms with Gasteiger partial charge >= 0.3 is 5.97 Å². The minimum absolute atomic E-state index is 0.116. The summed E-state index contributed by atoms with van der Waals surface area (Å²) in [6.45, 7) is 9.74. The van der Waals surface area contributed by atoms with Crippen molar-refractivity contribution in [3.05, 3.63) is 0 Å². The van der Waals surface area contributed by atoms with Crippen LogP contribution in [0.3, 0.4) is 0 Å². The highest BCUT2D eigenvalue weighted by Crippen LogP contribution is 2.69. The van der Waals surface area contributed by atoms with Crippen LogP contribution in [0.1, 0.15) is 98.3 Å². The van der Waals surface area contributed by atoms with E-state index in [4.69, 9.17) is 5.11 Å². The zero-order chi connectivity index (χ0) is 21.0. The van der Waals surface area contributed by atoms with Gasteiger partial charge in [-0.3, -0.25) is 0 Å². The van der Waals surface area contributed by atoms with Crippen LogP contribution in [0.25, 0.3) is 0 Å². The van der Waals surface area contributed by atoms with Gasteiger partial charge in [-0.1, -0.05) is 47.0 Å².